The summed E-state index contributed by atoms with van der Waals surface area (Å²) in [7, 11) is 3.43. The number of ether oxygens (including phenoxy) is 6. The Morgan fingerprint density at radius 2 is 0.578 bits per heavy atom. The largest absolute Gasteiger partial charge is 0.495 e. The number of aromatic amines is 2. The molecule has 15 rings (SSSR count). The lowest BCUT2D eigenvalue weighted by Crippen LogP contribution is -2.04. The Labute approximate surface area is 520 Å². The van der Waals surface area contributed by atoms with Gasteiger partial charge in [-0.25, -0.2) is 29.9 Å². The van der Waals surface area contributed by atoms with Crippen LogP contribution in [0.5, 0.6) is 34.5 Å². The van der Waals surface area contributed by atoms with Crippen molar-refractivity contribution in [3.63, 3.8) is 0 Å². The van der Waals surface area contributed by atoms with Crippen LogP contribution in [0, 0.1) is 13.8 Å². The van der Waals surface area contributed by atoms with Crippen LogP contribution in [0.3, 0.4) is 0 Å². The highest BCUT2D eigenvalue weighted by Gasteiger charge is 2.36. The molecule has 3 aromatic heterocycles. The summed E-state index contributed by atoms with van der Waals surface area (Å²) in [5, 5.41) is 14.7. The summed E-state index contributed by atoms with van der Waals surface area (Å²) in [5.41, 5.74) is 6.57. The fourth-order valence-electron chi connectivity index (χ4n) is 13.6. The van der Waals surface area contributed by atoms with Crippen LogP contribution in [0.4, 0.5) is 0 Å². The summed E-state index contributed by atoms with van der Waals surface area (Å²) >= 11 is 0. The molecule has 5 heterocycles. The number of nitrogens with zero attached hydrogens (tertiary/aromatic N) is 6. The van der Waals surface area contributed by atoms with Gasteiger partial charge in [0.05, 0.1) is 73.7 Å². The van der Waals surface area contributed by atoms with Crippen molar-refractivity contribution in [3.05, 3.63) is 132 Å². The zero-order chi connectivity index (χ0) is 61.3. The van der Waals surface area contributed by atoms with Gasteiger partial charge in [-0.2, -0.15) is 0 Å². The zero-order valence-electron chi connectivity index (χ0n) is 52.2. The number of aromatic nitrogens is 8. The molecule has 14 heteroatoms. The molecule has 0 saturated carbocycles. The van der Waals surface area contributed by atoms with Crippen molar-refractivity contribution >= 4 is 109 Å². The van der Waals surface area contributed by atoms with Crippen LogP contribution in [0.1, 0.15) is 90.2 Å². The van der Waals surface area contributed by atoms with Gasteiger partial charge in [-0.05, 0) is 107 Å². The lowest BCUT2D eigenvalue weighted by Gasteiger charge is -2.19. The van der Waals surface area contributed by atoms with Crippen LogP contribution in [0.15, 0.2) is 121 Å². The van der Waals surface area contributed by atoms with E-state index in [4.69, 9.17) is 58.3 Å². The van der Waals surface area contributed by atoms with Gasteiger partial charge in [-0.3, -0.25) is 0 Å². The number of fused-ring (bicyclic) bond motifs is 26. The van der Waals surface area contributed by atoms with E-state index in [0.717, 1.165) is 149 Å². The number of benzene rings is 10. The molecule has 0 aliphatic carbocycles. The maximum Gasteiger partial charge on any atom is 0.168 e. The average Bonchev–Trinajstić information content (AvgIpc) is 1.52. The number of H-pyrrole nitrogens is 2. The van der Waals surface area contributed by atoms with E-state index in [-0.39, 0.29) is 0 Å². The first kappa shape index (κ1) is 56.4. The Balaban J connectivity index is 1.20. The first-order chi connectivity index (χ1) is 44.2. The van der Waals surface area contributed by atoms with Crippen LogP contribution in [-0.4, -0.2) is 80.5 Å². The fourth-order valence-corrected chi connectivity index (χ4v) is 13.6. The van der Waals surface area contributed by atoms with E-state index in [9.17, 15) is 0 Å². The highest BCUT2D eigenvalue weighted by Crippen LogP contribution is 2.56. The highest BCUT2D eigenvalue weighted by molar-refractivity contribution is 6.22. The van der Waals surface area contributed by atoms with Crippen molar-refractivity contribution in [2.24, 2.45) is 0 Å². The molecule has 8 bridgehead atoms. The Kier molecular flexibility index (Phi) is 14.5. The predicted octanol–water partition coefficient (Wildman–Crippen LogP) is 19.1. The van der Waals surface area contributed by atoms with Crippen LogP contribution < -0.4 is 28.4 Å². The Morgan fingerprint density at radius 3 is 0.856 bits per heavy atom. The third-order valence-electron chi connectivity index (χ3n) is 18.0. The minimum Gasteiger partial charge on any atom is -0.495 e. The minimum absolute atomic E-state index is 0.369. The number of rotatable bonds is 18. The molecule has 2 N–H and O–H groups in total. The van der Waals surface area contributed by atoms with Crippen LogP contribution in [0.25, 0.3) is 154 Å². The Morgan fingerprint density at radius 1 is 0.311 bits per heavy atom. The number of methoxy groups -OCH3 is 2. The van der Waals surface area contributed by atoms with E-state index >= 15 is 0 Å². The van der Waals surface area contributed by atoms with Crippen molar-refractivity contribution in [2.75, 3.05) is 40.6 Å². The lowest BCUT2D eigenvalue weighted by molar-refractivity contribution is 0.308. The van der Waals surface area contributed by atoms with E-state index in [1.54, 1.807) is 14.2 Å². The maximum absolute atomic E-state index is 7.17. The van der Waals surface area contributed by atoms with Gasteiger partial charge in [0.1, 0.15) is 57.1 Å². The number of unbranched alkanes of at least 4 members (excludes halogenated alkanes) is 4. The predicted molar refractivity (Wildman–Crippen MR) is 365 cm³/mol. The molecule has 2 aliphatic rings. The quantitative estimate of drug-likeness (QED) is 0.0618. The second-order valence-corrected chi connectivity index (χ2v) is 23.6. The van der Waals surface area contributed by atoms with Crippen LogP contribution >= 0.6 is 0 Å². The standard InChI is InChI=1S/C76H70N8O6/c1-9-13-33-87-65-51-37-43-25-17-18-26-44(43)38-52(51)66(88-34-14-10-2)60-59(65)73-79-69-55-41(5)47-29-21-23-31-49(47)63(85-7)57(55)71(77-69)81-75-61-62(68(90-36-16-12-4)54-40-46-28-20-19-27-45(46)39-53(54)67(61)89-35-15-11-3)76(84-75)82-72-58-56(70(78-72)80-74(60)83-73)42(6)48-30-22-24-32-50(48)64(58)86-8/h17-32,37-40H,9-16,33-36H2,1-8H3,(H2,77,78,79,80,81,82,83,84). The van der Waals surface area contributed by atoms with E-state index in [0.29, 0.717) is 129 Å². The van der Waals surface area contributed by atoms with Gasteiger partial charge < -0.3 is 38.4 Å². The van der Waals surface area contributed by atoms with E-state index in [2.05, 4.69) is 161 Å². The second-order valence-electron chi connectivity index (χ2n) is 23.6. The summed E-state index contributed by atoms with van der Waals surface area (Å²) in [5.74, 6) is 5.35. The molecule has 13 aromatic rings. The monoisotopic (exact) mass is 1190 g/mol. The van der Waals surface area contributed by atoms with Crippen LogP contribution in [-0.2, 0) is 0 Å². The molecule has 0 saturated heterocycles. The second kappa shape index (κ2) is 23.1. The molecular weight excluding hydrogens is 1120 g/mol. The minimum atomic E-state index is 0.369. The van der Waals surface area contributed by atoms with Crippen molar-refractivity contribution in [2.45, 2.75) is 92.9 Å². The van der Waals surface area contributed by atoms with Crippen LogP contribution in [0.2, 0.25) is 0 Å². The number of hydrogen-bond acceptors (Lipinski definition) is 12. The first-order valence-corrected chi connectivity index (χ1v) is 31.8. The van der Waals surface area contributed by atoms with Gasteiger partial charge in [-0.15, -0.1) is 0 Å². The number of nitrogens with one attached hydrogen (secondary N) is 2. The highest BCUT2D eigenvalue weighted by atomic mass is 16.5. The molecule has 2 aliphatic heterocycles. The van der Waals surface area contributed by atoms with E-state index in [1.165, 1.54) is 0 Å². The maximum atomic E-state index is 7.17. The van der Waals surface area contributed by atoms with Crippen molar-refractivity contribution < 1.29 is 28.4 Å². The van der Waals surface area contributed by atoms with E-state index < -0.39 is 0 Å². The summed E-state index contributed by atoms with van der Waals surface area (Å²) in [6, 6.07) is 42.3. The molecule has 0 amide bonds. The Bertz CT molecular complexity index is 4960. The lowest BCUT2D eigenvalue weighted by atomic mass is 9.95. The molecule has 10 aromatic carbocycles. The summed E-state index contributed by atoms with van der Waals surface area (Å²) in [4.78, 5) is 42.0. The SMILES string of the molecule is CCCCOc1c2c(c(OCCCC)c3cc4ccccc4cc13)-c1nc-2nc2[nH]c(nc3nc(nc4[nH]c(n1)c1c(C)c5ccccc5c(OC)c41)-c1c-3c(OCCCC)c3cc4ccccc4cc3c1OCCCC)c1c(OC)c3ccccc3c(C)c21. The summed E-state index contributed by atoms with van der Waals surface area (Å²) in [6.45, 7) is 14.8. The van der Waals surface area contributed by atoms with Crippen molar-refractivity contribution in [1.82, 2.24) is 39.9 Å². The third-order valence-corrected chi connectivity index (χ3v) is 18.0. The van der Waals surface area contributed by atoms with Gasteiger partial charge in [0.15, 0.2) is 23.3 Å². The molecule has 0 radical (unpaired) electrons. The van der Waals surface area contributed by atoms with Gasteiger partial charge in [0.2, 0.25) is 0 Å². The molecule has 450 valence electrons. The third kappa shape index (κ3) is 9.03. The molecular formula is C76H70N8O6. The van der Waals surface area contributed by atoms with Gasteiger partial charge in [0.25, 0.3) is 0 Å². The van der Waals surface area contributed by atoms with Gasteiger partial charge in [0, 0.05) is 43.1 Å². The number of hydrogen-bond donors (Lipinski definition) is 2. The topological polar surface area (TPSA) is 164 Å². The van der Waals surface area contributed by atoms with Gasteiger partial charge >= 0.3 is 0 Å². The molecule has 0 fully saturated rings. The average molecular weight is 1190 g/mol. The van der Waals surface area contributed by atoms with Crippen molar-refractivity contribution in [1.29, 1.82) is 0 Å². The first-order valence-electron chi connectivity index (χ1n) is 31.8. The normalized spacial score (nSPS) is 12.1. The Hall–Kier alpha value is -10.1. The van der Waals surface area contributed by atoms with Crippen molar-refractivity contribution in [3.8, 4) is 80.0 Å². The van der Waals surface area contributed by atoms with Gasteiger partial charge in [-0.1, -0.05) is 150 Å². The van der Waals surface area contributed by atoms with E-state index in [1.807, 2.05) is 12.1 Å². The fraction of sp³-hybridized carbons (Fsp3) is 0.263. The summed E-state index contributed by atoms with van der Waals surface area (Å²) < 4.78 is 41.9. The molecule has 0 atom stereocenters. The molecule has 14 nitrogen and oxygen atoms in total. The zero-order valence-corrected chi connectivity index (χ0v) is 52.2. The number of aryl methyl sites for hydroxylation is 2. The molecule has 90 heavy (non-hydrogen) atoms. The molecule has 0 unspecified atom stereocenters. The smallest absolute Gasteiger partial charge is 0.168 e. The molecule has 0 spiro atoms. The summed E-state index contributed by atoms with van der Waals surface area (Å²) in [6.07, 6.45) is 7.02.